The Kier molecular flexibility index (Phi) is 2.93. The highest BCUT2D eigenvalue weighted by molar-refractivity contribution is 5.25. The number of aryl methyl sites for hydroxylation is 1. The maximum atomic E-state index is 13.3. The quantitative estimate of drug-likeness (QED) is 0.782. The molecule has 1 heterocycles. The van der Waals surface area contributed by atoms with Gasteiger partial charge in [-0.25, -0.2) is 8.78 Å². The molecule has 0 aromatic carbocycles. The van der Waals surface area contributed by atoms with Crippen LogP contribution in [0.15, 0.2) is 18.5 Å². The Morgan fingerprint density at radius 3 is 2.77 bits per heavy atom. The first-order chi connectivity index (χ1) is 6.08. The maximum Gasteiger partial charge on any atom is 0.276 e. The van der Waals surface area contributed by atoms with Gasteiger partial charge in [-0.1, -0.05) is 0 Å². The van der Waals surface area contributed by atoms with Crippen LogP contribution in [0.2, 0.25) is 0 Å². The highest BCUT2D eigenvalue weighted by Gasteiger charge is 2.31. The van der Waals surface area contributed by atoms with Crippen LogP contribution in [0.5, 0.6) is 0 Å². The van der Waals surface area contributed by atoms with Crippen molar-refractivity contribution in [2.45, 2.75) is 19.3 Å². The summed E-state index contributed by atoms with van der Waals surface area (Å²) in [5, 5.41) is 0. The Balaban J connectivity index is 2.99. The molecule has 4 heteroatoms. The minimum Gasteiger partial charge on any atom is -0.330 e. The molecule has 0 aliphatic heterocycles. The van der Waals surface area contributed by atoms with Gasteiger partial charge in [-0.05, 0) is 25.1 Å². The molecule has 0 unspecified atom stereocenters. The van der Waals surface area contributed by atoms with E-state index in [0.717, 1.165) is 0 Å². The van der Waals surface area contributed by atoms with Gasteiger partial charge in [0.05, 0.1) is 0 Å². The summed E-state index contributed by atoms with van der Waals surface area (Å²) in [6.07, 6.45) is 2.36. The Morgan fingerprint density at radius 2 is 2.23 bits per heavy atom. The van der Waals surface area contributed by atoms with Crippen LogP contribution in [0, 0.1) is 6.92 Å². The van der Waals surface area contributed by atoms with Crippen LogP contribution in [-0.2, 0) is 5.92 Å². The molecule has 0 fully saturated rings. The normalized spacial score (nSPS) is 11.7. The summed E-state index contributed by atoms with van der Waals surface area (Å²) >= 11 is 0. The third-order valence-electron chi connectivity index (χ3n) is 1.89. The molecule has 1 aromatic rings. The summed E-state index contributed by atoms with van der Waals surface area (Å²) < 4.78 is 26.6. The summed E-state index contributed by atoms with van der Waals surface area (Å²) in [5.74, 6) is -2.85. The van der Waals surface area contributed by atoms with E-state index in [1.807, 2.05) is 0 Å². The lowest BCUT2D eigenvalue weighted by Crippen LogP contribution is -2.19. The Hall–Kier alpha value is -1.03. The average Bonchev–Trinajstić information content (AvgIpc) is 2.04. The van der Waals surface area contributed by atoms with E-state index in [-0.39, 0.29) is 18.5 Å². The first-order valence-electron chi connectivity index (χ1n) is 4.07. The van der Waals surface area contributed by atoms with Crippen LogP contribution < -0.4 is 5.73 Å². The van der Waals surface area contributed by atoms with E-state index in [2.05, 4.69) is 4.98 Å². The summed E-state index contributed by atoms with van der Waals surface area (Å²) in [7, 11) is 0. The van der Waals surface area contributed by atoms with Crippen molar-refractivity contribution in [3.63, 3.8) is 0 Å². The largest absolute Gasteiger partial charge is 0.330 e. The van der Waals surface area contributed by atoms with E-state index in [0.29, 0.717) is 5.56 Å². The first-order valence-corrected chi connectivity index (χ1v) is 4.07. The highest BCUT2D eigenvalue weighted by Crippen LogP contribution is 2.32. The average molecular weight is 186 g/mol. The zero-order valence-corrected chi connectivity index (χ0v) is 7.43. The highest BCUT2D eigenvalue weighted by atomic mass is 19.3. The molecular weight excluding hydrogens is 174 g/mol. The number of hydrogen-bond acceptors (Lipinski definition) is 2. The standard InChI is InChI=1S/C9H12F2N2/c1-7-2-5-13-6-8(7)9(10,11)3-4-12/h2,5-6H,3-4,12H2,1H3. The summed E-state index contributed by atoms with van der Waals surface area (Å²) in [4.78, 5) is 3.67. The van der Waals surface area contributed by atoms with Crippen LogP contribution in [0.25, 0.3) is 0 Å². The monoisotopic (exact) mass is 186 g/mol. The maximum absolute atomic E-state index is 13.3. The van der Waals surface area contributed by atoms with Crippen molar-refractivity contribution in [2.75, 3.05) is 6.54 Å². The lowest BCUT2D eigenvalue weighted by Gasteiger charge is -2.16. The third-order valence-corrected chi connectivity index (χ3v) is 1.89. The summed E-state index contributed by atoms with van der Waals surface area (Å²) in [5.41, 5.74) is 5.62. The second-order valence-corrected chi connectivity index (χ2v) is 2.93. The van der Waals surface area contributed by atoms with Gasteiger partial charge in [0, 0.05) is 24.4 Å². The number of alkyl halides is 2. The molecule has 0 saturated carbocycles. The molecule has 0 saturated heterocycles. The Bertz CT molecular complexity index is 287. The molecular formula is C9H12F2N2. The SMILES string of the molecule is Cc1ccncc1C(F)(F)CCN. The fourth-order valence-corrected chi connectivity index (χ4v) is 1.16. The van der Waals surface area contributed by atoms with E-state index in [4.69, 9.17) is 5.73 Å². The molecule has 2 N–H and O–H groups in total. The van der Waals surface area contributed by atoms with Crippen molar-refractivity contribution < 1.29 is 8.78 Å². The zero-order valence-electron chi connectivity index (χ0n) is 7.43. The van der Waals surface area contributed by atoms with Crippen molar-refractivity contribution in [3.05, 3.63) is 29.6 Å². The fourth-order valence-electron chi connectivity index (χ4n) is 1.16. The number of aromatic nitrogens is 1. The number of nitrogens with zero attached hydrogens (tertiary/aromatic N) is 1. The van der Waals surface area contributed by atoms with E-state index in [9.17, 15) is 8.78 Å². The minimum atomic E-state index is -2.85. The molecule has 1 rings (SSSR count). The molecule has 0 spiro atoms. The predicted octanol–water partition coefficient (Wildman–Crippen LogP) is 1.83. The van der Waals surface area contributed by atoms with Crippen LogP contribution in [0.4, 0.5) is 8.78 Å². The molecule has 13 heavy (non-hydrogen) atoms. The van der Waals surface area contributed by atoms with Gasteiger partial charge in [0.2, 0.25) is 0 Å². The molecule has 0 amide bonds. The molecule has 0 aliphatic carbocycles. The van der Waals surface area contributed by atoms with Crippen molar-refractivity contribution in [3.8, 4) is 0 Å². The molecule has 0 aliphatic rings. The van der Waals surface area contributed by atoms with E-state index < -0.39 is 5.92 Å². The number of nitrogens with two attached hydrogens (primary N) is 1. The second kappa shape index (κ2) is 3.79. The lowest BCUT2D eigenvalue weighted by molar-refractivity contribution is -0.0116. The van der Waals surface area contributed by atoms with Crippen LogP contribution in [0.1, 0.15) is 17.5 Å². The fraction of sp³-hybridized carbons (Fsp3) is 0.444. The van der Waals surface area contributed by atoms with Gasteiger partial charge in [0.1, 0.15) is 0 Å². The van der Waals surface area contributed by atoms with Gasteiger partial charge in [-0.2, -0.15) is 0 Å². The lowest BCUT2D eigenvalue weighted by atomic mass is 10.0. The van der Waals surface area contributed by atoms with Gasteiger partial charge >= 0.3 is 0 Å². The Morgan fingerprint density at radius 1 is 1.54 bits per heavy atom. The van der Waals surface area contributed by atoms with Crippen LogP contribution >= 0.6 is 0 Å². The second-order valence-electron chi connectivity index (χ2n) is 2.93. The van der Waals surface area contributed by atoms with Crippen molar-refractivity contribution in [1.82, 2.24) is 4.98 Å². The van der Waals surface area contributed by atoms with Crippen LogP contribution in [0.3, 0.4) is 0 Å². The summed E-state index contributed by atoms with van der Waals surface area (Å²) in [6.45, 7) is 1.61. The van der Waals surface area contributed by atoms with Gasteiger partial charge in [-0.3, -0.25) is 4.98 Å². The van der Waals surface area contributed by atoms with E-state index in [1.165, 1.54) is 12.4 Å². The van der Waals surface area contributed by atoms with E-state index in [1.54, 1.807) is 13.0 Å². The number of halogens is 2. The third kappa shape index (κ3) is 2.21. The van der Waals surface area contributed by atoms with Gasteiger partial charge < -0.3 is 5.73 Å². The van der Waals surface area contributed by atoms with E-state index >= 15 is 0 Å². The zero-order chi connectivity index (χ0) is 9.90. The minimum absolute atomic E-state index is 0.0265. The topological polar surface area (TPSA) is 38.9 Å². The van der Waals surface area contributed by atoms with Crippen LogP contribution in [-0.4, -0.2) is 11.5 Å². The van der Waals surface area contributed by atoms with Crippen molar-refractivity contribution in [1.29, 1.82) is 0 Å². The smallest absolute Gasteiger partial charge is 0.276 e. The number of pyridine rings is 1. The predicted molar refractivity (Wildman–Crippen MR) is 46.5 cm³/mol. The van der Waals surface area contributed by atoms with Crippen molar-refractivity contribution in [2.24, 2.45) is 5.73 Å². The molecule has 0 atom stereocenters. The van der Waals surface area contributed by atoms with Gasteiger partial charge in [0.25, 0.3) is 5.92 Å². The molecule has 1 aromatic heterocycles. The first kappa shape index (κ1) is 10.1. The molecule has 0 bridgehead atoms. The van der Waals surface area contributed by atoms with Gasteiger partial charge in [0.15, 0.2) is 0 Å². The Labute approximate surface area is 75.8 Å². The molecule has 0 radical (unpaired) electrons. The summed E-state index contributed by atoms with van der Waals surface area (Å²) in [6, 6.07) is 1.57. The van der Waals surface area contributed by atoms with Crippen molar-refractivity contribution >= 4 is 0 Å². The number of rotatable bonds is 3. The van der Waals surface area contributed by atoms with Gasteiger partial charge in [-0.15, -0.1) is 0 Å². The molecule has 2 nitrogen and oxygen atoms in total. The molecule has 72 valence electrons. The number of hydrogen-bond donors (Lipinski definition) is 1.